The molecule has 0 aliphatic rings. The number of nitrogens with zero attached hydrogens (tertiary/aromatic N) is 2. The lowest BCUT2D eigenvalue weighted by Crippen LogP contribution is -2.07. The maximum Gasteiger partial charge on any atom is 0.229 e. The average Bonchev–Trinajstić information content (AvgIpc) is 2.72. The van der Waals surface area contributed by atoms with Crippen molar-refractivity contribution < 1.29 is 0 Å². The van der Waals surface area contributed by atoms with Gasteiger partial charge in [-0.05, 0) is 36.8 Å². The van der Waals surface area contributed by atoms with Crippen LogP contribution in [0.5, 0.6) is 0 Å². The fourth-order valence-corrected chi connectivity index (χ4v) is 2.73. The Morgan fingerprint density at radius 1 is 1.04 bits per heavy atom. The van der Waals surface area contributed by atoms with E-state index < -0.39 is 0 Å². The fourth-order valence-electron chi connectivity index (χ4n) is 2.56. The summed E-state index contributed by atoms with van der Waals surface area (Å²) < 4.78 is 0. The van der Waals surface area contributed by atoms with Crippen molar-refractivity contribution in [1.82, 2.24) is 9.97 Å². The normalized spacial score (nSPS) is 12.5. The van der Waals surface area contributed by atoms with Crippen molar-refractivity contribution in [2.24, 2.45) is 0 Å². The van der Waals surface area contributed by atoms with E-state index in [0.29, 0.717) is 28.3 Å². The molecular weight excluding hydrogens is 391 g/mol. The maximum absolute atomic E-state index is 6.13. The predicted molar refractivity (Wildman–Crippen MR) is 120 cm³/mol. The number of aromatic nitrogens is 2. The Hall–Kier alpha value is -2.82. The minimum atomic E-state index is 0.423. The van der Waals surface area contributed by atoms with Crippen molar-refractivity contribution in [3.63, 3.8) is 0 Å². The fraction of sp³-hybridized carbons (Fsp3) is 0.0909. The predicted octanol–water partition coefficient (Wildman–Crippen LogP) is 6.43. The molecule has 0 unspecified atom stereocenters. The van der Waals surface area contributed by atoms with Crippen LogP contribution in [-0.2, 0) is 6.54 Å². The van der Waals surface area contributed by atoms with Crippen LogP contribution >= 0.6 is 23.2 Å². The van der Waals surface area contributed by atoms with Gasteiger partial charge in [0.15, 0.2) is 0 Å². The van der Waals surface area contributed by atoms with Gasteiger partial charge in [-0.15, -0.1) is 0 Å². The quantitative estimate of drug-likeness (QED) is 0.440. The monoisotopic (exact) mass is 410 g/mol. The molecule has 142 valence electrons. The first-order valence-electron chi connectivity index (χ1n) is 8.74. The Kier molecular flexibility index (Phi) is 6.69. The van der Waals surface area contributed by atoms with E-state index in [-0.39, 0.29) is 0 Å². The van der Waals surface area contributed by atoms with E-state index in [1.54, 1.807) is 19.1 Å². The van der Waals surface area contributed by atoms with Gasteiger partial charge in [-0.1, -0.05) is 72.2 Å². The van der Waals surface area contributed by atoms with Crippen LogP contribution in [0.25, 0.3) is 10.9 Å². The highest BCUT2D eigenvalue weighted by atomic mass is 35.5. The van der Waals surface area contributed by atoms with E-state index in [9.17, 15) is 0 Å². The van der Waals surface area contributed by atoms with Gasteiger partial charge >= 0.3 is 0 Å². The molecule has 1 aromatic heterocycles. The number of fused-ring (bicyclic) bond motifs is 1. The van der Waals surface area contributed by atoms with Crippen molar-refractivity contribution in [2.45, 2.75) is 13.5 Å². The van der Waals surface area contributed by atoms with Gasteiger partial charge in [-0.2, -0.15) is 4.98 Å². The zero-order chi connectivity index (χ0) is 19.9. The second-order valence-corrected chi connectivity index (χ2v) is 7.04. The number of benzene rings is 2. The molecular formula is C22H20Cl2N4. The van der Waals surface area contributed by atoms with Crippen molar-refractivity contribution in [2.75, 3.05) is 10.6 Å². The molecule has 0 spiro atoms. The average molecular weight is 411 g/mol. The summed E-state index contributed by atoms with van der Waals surface area (Å²) >= 11 is 12.1. The Morgan fingerprint density at radius 2 is 1.75 bits per heavy atom. The molecule has 4 nitrogen and oxygen atoms in total. The Labute approximate surface area is 174 Å². The lowest BCUT2D eigenvalue weighted by atomic mass is 10.2. The van der Waals surface area contributed by atoms with Crippen molar-refractivity contribution in [3.05, 3.63) is 94.7 Å². The number of hydrogen-bond donors (Lipinski definition) is 2. The molecule has 0 saturated carbocycles. The van der Waals surface area contributed by atoms with Gasteiger partial charge in [0.25, 0.3) is 0 Å². The molecule has 6 heteroatoms. The van der Waals surface area contributed by atoms with Crippen LogP contribution in [-0.4, -0.2) is 9.97 Å². The molecule has 1 heterocycles. The molecule has 0 aliphatic heterocycles. The summed E-state index contributed by atoms with van der Waals surface area (Å²) in [6.07, 6.45) is 3.32. The number of halogens is 2. The molecule has 0 aliphatic carbocycles. The molecule has 3 rings (SSSR count). The van der Waals surface area contributed by atoms with E-state index in [0.717, 1.165) is 16.7 Å². The molecule has 0 atom stereocenters. The molecule has 0 saturated heterocycles. The minimum Gasteiger partial charge on any atom is -0.365 e. The number of para-hydroxylation sites is 1. The summed E-state index contributed by atoms with van der Waals surface area (Å²) in [5.41, 5.74) is 2.64. The summed E-state index contributed by atoms with van der Waals surface area (Å²) in [6.45, 7) is 6.18. The summed E-state index contributed by atoms with van der Waals surface area (Å²) in [7, 11) is 0. The van der Waals surface area contributed by atoms with Crippen LogP contribution in [0.2, 0.25) is 0 Å². The number of anilines is 2. The zero-order valence-corrected chi connectivity index (χ0v) is 16.9. The summed E-state index contributed by atoms with van der Waals surface area (Å²) in [5.74, 6) is 1.19. The van der Waals surface area contributed by atoms with Gasteiger partial charge in [0, 0.05) is 22.7 Å². The van der Waals surface area contributed by atoms with Crippen LogP contribution in [0.4, 0.5) is 11.8 Å². The van der Waals surface area contributed by atoms with Crippen molar-refractivity contribution in [1.29, 1.82) is 0 Å². The number of allylic oxidation sites excluding steroid dienone is 4. The van der Waals surface area contributed by atoms with E-state index >= 15 is 0 Å². The van der Waals surface area contributed by atoms with Crippen LogP contribution in [0, 0.1) is 0 Å². The first kappa shape index (κ1) is 19.9. The van der Waals surface area contributed by atoms with Crippen molar-refractivity contribution >= 4 is 45.9 Å². The SMILES string of the molecule is C=CC(=CC(Cl)=C(C)Cl)Nc1nc(NCc2ccccc2)c2ccccc2n1. The molecule has 28 heavy (non-hydrogen) atoms. The lowest BCUT2D eigenvalue weighted by Gasteiger charge is -2.12. The van der Waals surface area contributed by atoms with Gasteiger partial charge in [0.05, 0.1) is 10.5 Å². The van der Waals surface area contributed by atoms with Gasteiger partial charge in [0.2, 0.25) is 5.95 Å². The van der Waals surface area contributed by atoms with Crippen LogP contribution in [0.15, 0.2) is 89.1 Å². The van der Waals surface area contributed by atoms with E-state index in [2.05, 4.69) is 39.3 Å². The highest BCUT2D eigenvalue weighted by Gasteiger charge is 2.08. The molecule has 0 bridgehead atoms. The summed E-state index contributed by atoms with van der Waals surface area (Å²) in [6, 6.07) is 18.0. The van der Waals surface area contributed by atoms with Gasteiger partial charge in [-0.25, -0.2) is 4.98 Å². The molecule has 0 amide bonds. The van der Waals surface area contributed by atoms with E-state index in [4.69, 9.17) is 23.2 Å². The number of rotatable bonds is 7. The first-order valence-corrected chi connectivity index (χ1v) is 9.50. The van der Waals surface area contributed by atoms with Crippen molar-refractivity contribution in [3.8, 4) is 0 Å². The molecule has 0 radical (unpaired) electrons. The Morgan fingerprint density at radius 3 is 2.46 bits per heavy atom. The third-order valence-electron chi connectivity index (χ3n) is 3.99. The molecule has 3 aromatic rings. The first-order chi connectivity index (χ1) is 13.6. The van der Waals surface area contributed by atoms with Gasteiger partial charge < -0.3 is 10.6 Å². The third kappa shape index (κ3) is 5.12. The minimum absolute atomic E-state index is 0.423. The van der Waals surface area contributed by atoms with Gasteiger partial charge in [0.1, 0.15) is 5.82 Å². The summed E-state index contributed by atoms with van der Waals surface area (Å²) in [5, 5.41) is 8.41. The Bertz CT molecular complexity index is 1040. The maximum atomic E-state index is 6.13. The smallest absolute Gasteiger partial charge is 0.229 e. The highest BCUT2D eigenvalue weighted by molar-refractivity contribution is 6.40. The topological polar surface area (TPSA) is 49.8 Å². The molecule has 2 aromatic carbocycles. The second-order valence-electron chi connectivity index (χ2n) is 6.06. The van der Waals surface area contributed by atoms with Gasteiger partial charge in [-0.3, -0.25) is 0 Å². The van der Waals surface area contributed by atoms with Crippen LogP contribution < -0.4 is 10.6 Å². The second kappa shape index (κ2) is 9.40. The van der Waals surface area contributed by atoms with Crippen LogP contribution in [0.3, 0.4) is 0 Å². The zero-order valence-electron chi connectivity index (χ0n) is 15.4. The molecule has 0 fully saturated rings. The molecule has 2 N–H and O–H groups in total. The van der Waals surface area contributed by atoms with E-state index in [1.165, 1.54) is 5.56 Å². The third-order valence-corrected chi connectivity index (χ3v) is 4.69. The highest BCUT2D eigenvalue weighted by Crippen LogP contribution is 2.24. The number of nitrogens with one attached hydrogen (secondary N) is 2. The Balaban J connectivity index is 1.93. The van der Waals surface area contributed by atoms with E-state index in [1.807, 2.05) is 42.5 Å². The lowest BCUT2D eigenvalue weighted by molar-refractivity contribution is 1.10. The summed E-state index contributed by atoms with van der Waals surface area (Å²) in [4.78, 5) is 9.23. The number of hydrogen-bond acceptors (Lipinski definition) is 4. The largest absolute Gasteiger partial charge is 0.365 e. The standard InChI is InChI=1S/C22H20Cl2N4/c1-3-17(13-19(24)15(2)23)26-22-27-20-12-8-7-11-18(20)21(28-22)25-14-16-9-5-4-6-10-16/h3-13H,1,14H2,2H3,(H2,25,26,27,28). The van der Waals surface area contributed by atoms with Crippen LogP contribution in [0.1, 0.15) is 12.5 Å².